The number of hydrogen-bond acceptors (Lipinski definition) is 3. The minimum atomic E-state index is -1.06. The molecule has 22 heavy (non-hydrogen) atoms. The Morgan fingerprint density at radius 3 is 2.59 bits per heavy atom. The van der Waals surface area contributed by atoms with E-state index >= 15 is 0 Å². The number of benzene rings is 1. The Hall–Kier alpha value is -2.63. The Balaban J connectivity index is 1.99. The first-order valence-corrected chi connectivity index (χ1v) is 7.14. The number of nitrogens with zero attached hydrogens (tertiary/aromatic N) is 2. The third kappa shape index (κ3) is 2.59. The van der Waals surface area contributed by atoms with Crippen LogP contribution in [0.5, 0.6) is 0 Å². The van der Waals surface area contributed by atoms with E-state index in [1.807, 2.05) is 30.3 Å². The van der Waals surface area contributed by atoms with Crippen molar-refractivity contribution in [3.8, 4) is 0 Å². The largest absolute Gasteiger partial charge is 0.481 e. The van der Waals surface area contributed by atoms with Crippen LogP contribution in [0.25, 0.3) is 0 Å². The summed E-state index contributed by atoms with van der Waals surface area (Å²) < 4.78 is 1.78. The van der Waals surface area contributed by atoms with Gasteiger partial charge >= 0.3 is 11.9 Å². The standard InChI is InChI=1S/C16H16N2O4/c19-15(20)11-6-7-12-14(16(21)22)17-13(18(12)9-11)8-10-4-2-1-3-5-10/h1-5,11H,6-9H2,(H,19,20)(H,21,22). The van der Waals surface area contributed by atoms with Crippen LogP contribution in [-0.2, 0) is 24.2 Å². The maximum Gasteiger partial charge on any atom is 0.356 e. The molecule has 0 spiro atoms. The van der Waals surface area contributed by atoms with Gasteiger partial charge < -0.3 is 14.8 Å². The number of imidazole rings is 1. The minimum Gasteiger partial charge on any atom is -0.481 e. The summed E-state index contributed by atoms with van der Waals surface area (Å²) in [4.78, 5) is 26.8. The lowest BCUT2D eigenvalue weighted by Gasteiger charge is -2.22. The van der Waals surface area contributed by atoms with Crippen molar-refractivity contribution in [3.05, 3.63) is 53.1 Å². The van der Waals surface area contributed by atoms with Crippen LogP contribution in [-0.4, -0.2) is 31.7 Å². The van der Waals surface area contributed by atoms with Gasteiger partial charge in [-0.3, -0.25) is 4.79 Å². The van der Waals surface area contributed by atoms with Crippen LogP contribution in [0.4, 0.5) is 0 Å². The van der Waals surface area contributed by atoms with Crippen molar-refractivity contribution >= 4 is 11.9 Å². The molecule has 0 fully saturated rings. The lowest BCUT2D eigenvalue weighted by atomic mass is 9.97. The van der Waals surface area contributed by atoms with E-state index in [0.717, 1.165) is 5.56 Å². The molecule has 3 rings (SSSR count). The summed E-state index contributed by atoms with van der Waals surface area (Å²) in [7, 11) is 0. The molecule has 114 valence electrons. The molecule has 0 saturated heterocycles. The Labute approximate surface area is 127 Å². The monoisotopic (exact) mass is 300 g/mol. The Kier molecular flexibility index (Phi) is 3.66. The molecule has 6 heteroatoms. The Morgan fingerprint density at radius 2 is 1.95 bits per heavy atom. The third-order valence-electron chi connectivity index (χ3n) is 4.04. The minimum absolute atomic E-state index is 0.0507. The summed E-state index contributed by atoms with van der Waals surface area (Å²) in [6, 6.07) is 9.62. The van der Waals surface area contributed by atoms with Crippen molar-refractivity contribution in [1.82, 2.24) is 9.55 Å². The summed E-state index contributed by atoms with van der Waals surface area (Å²) in [6.45, 7) is 0.285. The molecule has 0 bridgehead atoms. The normalized spacial score (nSPS) is 17.0. The summed E-state index contributed by atoms with van der Waals surface area (Å²) in [5.74, 6) is -1.78. The van der Waals surface area contributed by atoms with Gasteiger partial charge in [0, 0.05) is 13.0 Å². The van der Waals surface area contributed by atoms with Crippen molar-refractivity contribution < 1.29 is 19.8 Å². The number of aromatic carboxylic acids is 1. The number of fused-ring (bicyclic) bond motifs is 1. The molecule has 1 atom stereocenters. The maximum atomic E-state index is 11.4. The number of hydrogen-bond donors (Lipinski definition) is 2. The van der Waals surface area contributed by atoms with Crippen LogP contribution in [0.15, 0.2) is 30.3 Å². The fourth-order valence-electron chi connectivity index (χ4n) is 2.92. The molecule has 2 aromatic rings. The van der Waals surface area contributed by atoms with Crippen LogP contribution >= 0.6 is 0 Å². The van der Waals surface area contributed by atoms with Gasteiger partial charge in [0.2, 0.25) is 0 Å². The first-order valence-electron chi connectivity index (χ1n) is 7.14. The average molecular weight is 300 g/mol. The van der Waals surface area contributed by atoms with Crippen molar-refractivity contribution in [3.63, 3.8) is 0 Å². The van der Waals surface area contributed by atoms with Crippen molar-refractivity contribution in [2.45, 2.75) is 25.8 Å². The van der Waals surface area contributed by atoms with Gasteiger partial charge in [0.25, 0.3) is 0 Å². The lowest BCUT2D eigenvalue weighted by Crippen LogP contribution is -2.28. The quantitative estimate of drug-likeness (QED) is 0.898. The van der Waals surface area contributed by atoms with E-state index in [0.29, 0.717) is 30.8 Å². The lowest BCUT2D eigenvalue weighted by molar-refractivity contribution is -0.142. The van der Waals surface area contributed by atoms with Crippen LogP contribution in [0.1, 0.15) is 34.0 Å². The molecular weight excluding hydrogens is 284 g/mol. The Morgan fingerprint density at radius 1 is 1.23 bits per heavy atom. The second-order valence-electron chi connectivity index (χ2n) is 5.48. The molecule has 2 N–H and O–H groups in total. The van der Waals surface area contributed by atoms with Crippen molar-refractivity contribution in [2.75, 3.05) is 0 Å². The van der Waals surface area contributed by atoms with Gasteiger partial charge in [0.05, 0.1) is 11.6 Å². The molecule has 0 saturated carbocycles. The van der Waals surface area contributed by atoms with Gasteiger partial charge in [-0.15, -0.1) is 0 Å². The second-order valence-corrected chi connectivity index (χ2v) is 5.48. The van der Waals surface area contributed by atoms with Crippen LogP contribution in [0, 0.1) is 5.92 Å². The molecule has 1 aliphatic heterocycles. The summed E-state index contributed by atoms with van der Waals surface area (Å²) in [5, 5.41) is 18.5. The summed E-state index contributed by atoms with van der Waals surface area (Å²) in [5.41, 5.74) is 1.70. The van der Waals surface area contributed by atoms with Gasteiger partial charge in [-0.05, 0) is 18.4 Å². The fraction of sp³-hybridized carbons (Fsp3) is 0.312. The molecule has 2 heterocycles. The Bertz CT molecular complexity index is 721. The topological polar surface area (TPSA) is 92.4 Å². The van der Waals surface area contributed by atoms with Crippen molar-refractivity contribution in [2.24, 2.45) is 5.92 Å². The number of rotatable bonds is 4. The molecular formula is C16H16N2O4. The highest BCUT2D eigenvalue weighted by Gasteiger charge is 2.30. The number of aliphatic carboxylic acids is 1. The predicted molar refractivity (Wildman–Crippen MR) is 77.9 cm³/mol. The highest BCUT2D eigenvalue weighted by Crippen LogP contribution is 2.26. The molecule has 0 radical (unpaired) electrons. The SMILES string of the molecule is O=C(O)c1nc(Cc2ccccc2)n2c1CCC(C(=O)O)C2. The van der Waals surface area contributed by atoms with Gasteiger partial charge in [0.1, 0.15) is 5.82 Å². The molecule has 1 aliphatic rings. The zero-order valence-corrected chi connectivity index (χ0v) is 11.9. The number of carbonyl (C=O) groups is 2. The zero-order chi connectivity index (χ0) is 15.7. The van der Waals surface area contributed by atoms with E-state index in [-0.39, 0.29) is 12.2 Å². The number of carboxylic acid groups (broad SMARTS) is 2. The second kappa shape index (κ2) is 5.63. The predicted octanol–water partition coefficient (Wildman–Crippen LogP) is 1.82. The highest BCUT2D eigenvalue weighted by molar-refractivity contribution is 5.87. The molecule has 1 unspecified atom stereocenters. The fourth-order valence-corrected chi connectivity index (χ4v) is 2.92. The number of aromatic nitrogens is 2. The molecule has 1 aromatic heterocycles. The van der Waals surface area contributed by atoms with Gasteiger partial charge in [0.15, 0.2) is 5.69 Å². The average Bonchev–Trinajstić information content (AvgIpc) is 2.86. The van der Waals surface area contributed by atoms with Crippen LogP contribution in [0.2, 0.25) is 0 Å². The first kappa shape index (κ1) is 14.3. The van der Waals surface area contributed by atoms with Gasteiger partial charge in [-0.25, -0.2) is 9.78 Å². The van der Waals surface area contributed by atoms with E-state index < -0.39 is 17.9 Å². The van der Waals surface area contributed by atoms with E-state index in [4.69, 9.17) is 0 Å². The van der Waals surface area contributed by atoms with Gasteiger partial charge in [-0.1, -0.05) is 30.3 Å². The molecule has 1 aromatic carbocycles. The van der Waals surface area contributed by atoms with E-state index in [2.05, 4.69) is 4.98 Å². The smallest absolute Gasteiger partial charge is 0.356 e. The maximum absolute atomic E-state index is 11.4. The van der Waals surface area contributed by atoms with E-state index in [1.165, 1.54) is 0 Å². The molecule has 0 aliphatic carbocycles. The van der Waals surface area contributed by atoms with Crippen LogP contribution < -0.4 is 0 Å². The number of carboxylic acids is 2. The summed E-state index contributed by atoms with van der Waals surface area (Å²) >= 11 is 0. The highest BCUT2D eigenvalue weighted by atomic mass is 16.4. The molecule has 0 amide bonds. The van der Waals surface area contributed by atoms with E-state index in [1.54, 1.807) is 4.57 Å². The van der Waals surface area contributed by atoms with Crippen LogP contribution in [0.3, 0.4) is 0 Å². The van der Waals surface area contributed by atoms with Crippen molar-refractivity contribution in [1.29, 1.82) is 0 Å². The van der Waals surface area contributed by atoms with E-state index in [9.17, 15) is 19.8 Å². The third-order valence-corrected chi connectivity index (χ3v) is 4.04. The molecule has 6 nitrogen and oxygen atoms in total. The first-order chi connectivity index (χ1) is 10.6. The summed E-state index contributed by atoms with van der Waals surface area (Å²) in [6.07, 6.45) is 1.37. The zero-order valence-electron chi connectivity index (χ0n) is 11.9. The van der Waals surface area contributed by atoms with Gasteiger partial charge in [-0.2, -0.15) is 0 Å².